The van der Waals surface area contributed by atoms with Crippen molar-refractivity contribution in [3.05, 3.63) is 17.8 Å². The van der Waals surface area contributed by atoms with E-state index in [-0.39, 0.29) is 12.6 Å². The van der Waals surface area contributed by atoms with Crippen LogP contribution >= 0.6 is 0 Å². The van der Waals surface area contributed by atoms with Crippen molar-refractivity contribution in [2.75, 3.05) is 31.4 Å². The molecule has 1 atom stereocenters. The van der Waals surface area contributed by atoms with Crippen LogP contribution in [0.5, 0.6) is 0 Å². The molecule has 0 aliphatic carbocycles. The van der Waals surface area contributed by atoms with Crippen molar-refractivity contribution in [1.29, 1.82) is 5.26 Å². The quantitative estimate of drug-likeness (QED) is 0.645. The highest BCUT2D eigenvalue weighted by Gasteiger charge is 2.09. The second-order valence-electron chi connectivity index (χ2n) is 3.25. The lowest BCUT2D eigenvalue weighted by molar-refractivity contribution is 0.153. The Morgan fingerprint density at radius 1 is 1.75 bits per heavy atom. The molecule has 6 nitrogen and oxygen atoms in total. The van der Waals surface area contributed by atoms with Crippen molar-refractivity contribution in [2.24, 2.45) is 0 Å². The van der Waals surface area contributed by atoms with Gasteiger partial charge in [-0.05, 0) is 6.07 Å². The average Bonchev–Trinajstić information content (AvgIpc) is 2.30. The molecular weight excluding hydrogens is 208 g/mol. The number of nitrogens with zero attached hydrogens (tertiary/aromatic N) is 2. The van der Waals surface area contributed by atoms with Gasteiger partial charge >= 0.3 is 0 Å². The molecule has 0 spiro atoms. The number of anilines is 2. The van der Waals surface area contributed by atoms with Crippen LogP contribution in [0, 0.1) is 11.3 Å². The van der Waals surface area contributed by atoms with Crippen LogP contribution in [0.2, 0.25) is 0 Å². The van der Waals surface area contributed by atoms with Crippen LogP contribution in [0.3, 0.4) is 0 Å². The number of hydrogen-bond acceptors (Lipinski definition) is 6. The highest BCUT2D eigenvalue weighted by Crippen LogP contribution is 2.16. The molecule has 6 heteroatoms. The van der Waals surface area contributed by atoms with Gasteiger partial charge in [-0.15, -0.1) is 0 Å². The minimum absolute atomic E-state index is 0.0883. The van der Waals surface area contributed by atoms with E-state index >= 15 is 0 Å². The maximum atomic E-state index is 9.05. The summed E-state index contributed by atoms with van der Waals surface area (Å²) in [5.74, 6) is 0.440. The van der Waals surface area contributed by atoms with Crippen LogP contribution < -0.4 is 11.1 Å². The third kappa shape index (κ3) is 3.08. The van der Waals surface area contributed by atoms with Gasteiger partial charge in [-0.25, -0.2) is 4.98 Å². The smallest absolute Gasteiger partial charge is 0.149 e. The number of ether oxygens (including phenoxy) is 1. The number of nitriles is 1. The zero-order valence-electron chi connectivity index (χ0n) is 8.97. The van der Waals surface area contributed by atoms with Crippen LogP contribution in [0.15, 0.2) is 12.3 Å². The van der Waals surface area contributed by atoms with Crippen molar-refractivity contribution < 1.29 is 9.84 Å². The van der Waals surface area contributed by atoms with Crippen molar-refractivity contribution in [3.63, 3.8) is 0 Å². The van der Waals surface area contributed by atoms with E-state index < -0.39 is 0 Å². The van der Waals surface area contributed by atoms with Crippen LogP contribution in [0.25, 0.3) is 0 Å². The van der Waals surface area contributed by atoms with E-state index in [0.717, 1.165) is 0 Å². The summed E-state index contributed by atoms with van der Waals surface area (Å²) in [6, 6.07) is 3.20. The maximum Gasteiger partial charge on any atom is 0.149 e. The predicted octanol–water partition coefficient (Wildman–Crippen LogP) is -0.0453. The van der Waals surface area contributed by atoms with Gasteiger partial charge in [0, 0.05) is 13.3 Å². The first-order chi connectivity index (χ1) is 7.71. The fourth-order valence-electron chi connectivity index (χ4n) is 1.20. The SMILES string of the molecule is COCC(CO)Nc1ncc(C#N)cc1N. The van der Waals surface area contributed by atoms with Gasteiger partial charge in [-0.2, -0.15) is 5.26 Å². The number of hydrogen-bond donors (Lipinski definition) is 3. The molecule has 0 bridgehead atoms. The Bertz CT molecular complexity index is 389. The number of nitrogens with two attached hydrogens (primary N) is 1. The number of rotatable bonds is 5. The first kappa shape index (κ1) is 12.2. The van der Waals surface area contributed by atoms with E-state index in [0.29, 0.717) is 23.7 Å². The first-order valence-electron chi connectivity index (χ1n) is 4.73. The third-order valence-electron chi connectivity index (χ3n) is 1.98. The van der Waals surface area contributed by atoms with E-state index in [4.69, 9.17) is 20.8 Å². The zero-order valence-corrected chi connectivity index (χ0v) is 8.97. The fraction of sp³-hybridized carbons (Fsp3) is 0.400. The Hall–Kier alpha value is -1.84. The van der Waals surface area contributed by atoms with Gasteiger partial charge in [-0.1, -0.05) is 0 Å². The molecule has 4 N–H and O–H groups in total. The van der Waals surface area contributed by atoms with Crippen molar-refractivity contribution in [3.8, 4) is 6.07 Å². The first-order valence-corrected chi connectivity index (χ1v) is 4.73. The van der Waals surface area contributed by atoms with Crippen LogP contribution in [-0.2, 0) is 4.74 Å². The standard InChI is InChI=1S/C10H14N4O2/c1-16-6-8(5-15)14-10-9(12)2-7(3-11)4-13-10/h2,4,8,15H,5-6,12H2,1H3,(H,13,14). The number of nitrogens with one attached hydrogen (secondary N) is 1. The molecule has 0 aromatic carbocycles. The average molecular weight is 222 g/mol. The Labute approximate surface area is 93.7 Å². The molecule has 1 heterocycles. The van der Waals surface area contributed by atoms with E-state index in [1.54, 1.807) is 7.11 Å². The molecule has 0 amide bonds. The van der Waals surface area contributed by atoms with E-state index in [1.165, 1.54) is 12.3 Å². The second kappa shape index (κ2) is 5.90. The summed E-state index contributed by atoms with van der Waals surface area (Å²) >= 11 is 0. The monoisotopic (exact) mass is 222 g/mol. The maximum absolute atomic E-state index is 9.05. The summed E-state index contributed by atoms with van der Waals surface area (Å²) in [6.07, 6.45) is 1.42. The summed E-state index contributed by atoms with van der Waals surface area (Å²) in [5.41, 5.74) is 6.47. The molecule has 0 saturated heterocycles. The largest absolute Gasteiger partial charge is 0.396 e. The number of aromatic nitrogens is 1. The van der Waals surface area contributed by atoms with Gasteiger partial charge in [0.2, 0.25) is 0 Å². The Morgan fingerprint density at radius 3 is 3.00 bits per heavy atom. The molecule has 1 aromatic rings. The van der Waals surface area contributed by atoms with Crippen molar-refractivity contribution in [2.45, 2.75) is 6.04 Å². The molecule has 0 aliphatic rings. The van der Waals surface area contributed by atoms with Gasteiger partial charge in [0.25, 0.3) is 0 Å². The highest BCUT2D eigenvalue weighted by molar-refractivity contribution is 5.63. The summed E-state index contributed by atoms with van der Waals surface area (Å²) in [4.78, 5) is 3.99. The molecule has 0 saturated carbocycles. The predicted molar refractivity (Wildman–Crippen MR) is 59.7 cm³/mol. The third-order valence-corrected chi connectivity index (χ3v) is 1.98. The number of aliphatic hydroxyl groups is 1. The zero-order chi connectivity index (χ0) is 12.0. The number of nitrogen functional groups attached to an aromatic ring is 1. The molecular formula is C10H14N4O2. The molecule has 0 radical (unpaired) electrons. The molecule has 1 unspecified atom stereocenters. The lowest BCUT2D eigenvalue weighted by Crippen LogP contribution is -2.29. The molecule has 0 aliphatic heterocycles. The van der Waals surface area contributed by atoms with Crippen LogP contribution in [0.1, 0.15) is 5.56 Å². The van der Waals surface area contributed by atoms with Crippen molar-refractivity contribution >= 4 is 11.5 Å². The molecule has 0 fully saturated rings. The summed E-state index contributed by atoms with van der Waals surface area (Å²) in [7, 11) is 1.54. The van der Waals surface area contributed by atoms with Crippen LogP contribution in [0.4, 0.5) is 11.5 Å². The lowest BCUT2D eigenvalue weighted by Gasteiger charge is -2.16. The lowest BCUT2D eigenvalue weighted by atomic mass is 10.2. The Balaban J connectivity index is 2.77. The second-order valence-corrected chi connectivity index (χ2v) is 3.25. The van der Waals surface area contributed by atoms with Gasteiger partial charge in [0.1, 0.15) is 11.9 Å². The molecule has 16 heavy (non-hydrogen) atoms. The molecule has 1 rings (SSSR count). The highest BCUT2D eigenvalue weighted by atomic mass is 16.5. The summed E-state index contributed by atoms with van der Waals surface area (Å²) in [6.45, 7) is 0.257. The fourth-order valence-corrected chi connectivity index (χ4v) is 1.20. The number of pyridine rings is 1. The minimum atomic E-state index is -0.271. The van der Waals surface area contributed by atoms with Gasteiger partial charge < -0.3 is 20.9 Å². The topological polar surface area (TPSA) is 104 Å². The normalized spacial score (nSPS) is 11.8. The summed E-state index contributed by atoms with van der Waals surface area (Å²) in [5, 5.41) is 20.6. The van der Waals surface area contributed by atoms with Crippen molar-refractivity contribution in [1.82, 2.24) is 4.98 Å². The Kier molecular flexibility index (Phi) is 4.51. The molecule has 1 aromatic heterocycles. The van der Waals surface area contributed by atoms with Gasteiger partial charge in [0.15, 0.2) is 0 Å². The van der Waals surface area contributed by atoms with E-state index in [2.05, 4.69) is 10.3 Å². The molecule has 86 valence electrons. The summed E-state index contributed by atoms with van der Waals surface area (Å²) < 4.78 is 4.91. The minimum Gasteiger partial charge on any atom is -0.396 e. The number of aliphatic hydroxyl groups excluding tert-OH is 1. The number of methoxy groups -OCH3 is 1. The van der Waals surface area contributed by atoms with E-state index in [1.807, 2.05) is 6.07 Å². The van der Waals surface area contributed by atoms with Crippen LogP contribution in [-0.4, -0.2) is 36.5 Å². The van der Waals surface area contributed by atoms with Gasteiger partial charge in [-0.3, -0.25) is 0 Å². The van der Waals surface area contributed by atoms with E-state index in [9.17, 15) is 0 Å². The Morgan fingerprint density at radius 2 is 2.50 bits per heavy atom. The van der Waals surface area contributed by atoms with Gasteiger partial charge in [0.05, 0.1) is 30.5 Å².